The fraction of sp³-hybridized carbons (Fsp3) is 0.923. The van der Waals surface area contributed by atoms with Crippen molar-refractivity contribution >= 4 is 11.9 Å². The Labute approximate surface area is 186 Å². The first-order valence-corrected chi connectivity index (χ1v) is 12.8. The van der Waals surface area contributed by atoms with E-state index in [1.54, 1.807) is 0 Å². The maximum absolute atomic E-state index is 11.9. The number of ether oxygens (including phenoxy) is 2. The van der Waals surface area contributed by atoms with E-state index < -0.39 is 0 Å². The lowest BCUT2D eigenvalue weighted by Gasteiger charge is -2.13. The first-order valence-electron chi connectivity index (χ1n) is 12.8. The Bertz CT molecular complexity index is 406. The van der Waals surface area contributed by atoms with Crippen LogP contribution in [0.25, 0.3) is 0 Å². The molecule has 0 saturated heterocycles. The van der Waals surface area contributed by atoms with Crippen molar-refractivity contribution in [1.82, 2.24) is 0 Å². The molecular weight excluding hydrogens is 376 g/mol. The Balaban J connectivity index is 3.40. The molecular formula is C26H50O4. The van der Waals surface area contributed by atoms with Crippen molar-refractivity contribution in [1.29, 1.82) is 0 Å². The molecule has 0 bridgehead atoms. The lowest BCUT2D eigenvalue weighted by atomic mass is 10.1. The van der Waals surface area contributed by atoms with E-state index >= 15 is 0 Å². The van der Waals surface area contributed by atoms with Crippen LogP contribution in [0.5, 0.6) is 0 Å². The minimum absolute atomic E-state index is 0.0475. The van der Waals surface area contributed by atoms with Gasteiger partial charge in [0.15, 0.2) is 0 Å². The lowest BCUT2D eigenvalue weighted by Crippen LogP contribution is -2.14. The monoisotopic (exact) mass is 426 g/mol. The summed E-state index contributed by atoms with van der Waals surface area (Å²) in [6.45, 7) is 9.17. The predicted octanol–water partition coefficient (Wildman–Crippen LogP) is 7.77. The van der Waals surface area contributed by atoms with Crippen LogP contribution in [-0.2, 0) is 19.1 Å². The van der Waals surface area contributed by atoms with Crippen molar-refractivity contribution in [3.8, 4) is 0 Å². The second-order valence-corrected chi connectivity index (χ2v) is 9.23. The van der Waals surface area contributed by atoms with Crippen LogP contribution in [0, 0.1) is 5.92 Å². The summed E-state index contributed by atoms with van der Waals surface area (Å²) in [4.78, 5) is 23.5. The molecule has 0 heterocycles. The number of carbonyl (C=O) groups is 2. The number of hydrogen-bond donors (Lipinski definition) is 0. The van der Waals surface area contributed by atoms with Gasteiger partial charge in [-0.15, -0.1) is 0 Å². The highest BCUT2D eigenvalue weighted by Crippen LogP contribution is 2.13. The zero-order chi connectivity index (χ0) is 22.5. The van der Waals surface area contributed by atoms with E-state index in [9.17, 15) is 9.59 Å². The highest BCUT2D eigenvalue weighted by atomic mass is 16.5. The number of unbranched alkanes of at least 4 members (excludes halogenated alkanes) is 10. The van der Waals surface area contributed by atoms with E-state index in [2.05, 4.69) is 20.8 Å². The van der Waals surface area contributed by atoms with Gasteiger partial charge in [0, 0.05) is 12.8 Å². The fourth-order valence-electron chi connectivity index (χ4n) is 3.55. The molecule has 0 rings (SSSR count). The number of hydrogen-bond acceptors (Lipinski definition) is 4. The van der Waals surface area contributed by atoms with Gasteiger partial charge in [-0.3, -0.25) is 9.59 Å². The largest absolute Gasteiger partial charge is 0.466 e. The molecule has 30 heavy (non-hydrogen) atoms. The van der Waals surface area contributed by atoms with Crippen molar-refractivity contribution in [2.45, 2.75) is 143 Å². The molecule has 1 unspecified atom stereocenters. The van der Waals surface area contributed by atoms with E-state index in [-0.39, 0.29) is 18.0 Å². The molecule has 0 spiro atoms. The summed E-state index contributed by atoms with van der Waals surface area (Å²) >= 11 is 0. The van der Waals surface area contributed by atoms with Gasteiger partial charge in [-0.2, -0.15) is 0 Å². The average Bonchev–Trinajstić information content (AvgIpc) is 2.69. The van der Waals surface area contributed by atoms with Crippen LogP contribution in [0.3, 0.4) is 0 Å². The first kappa shape index (κ1) is 28.9. The molecule has 1 atom stereocenters. The molecule has 0 aliphatic carbocycles. The van der Waals surface area contributed by atoms with Gasteiger partial charge >= 0.3 is 11.9 Å². The summed E-state index contributed by atoms with van der Waals surface area (Å²) in [7, 11) is 0. The summed E-state index contributed by atoms with van der Waals surface area (Å²) < 4.78 is 10.8. The van der Waals surface area contributed by atoms with Gasteiger partial charge in [-0.25, -0.2) is 0 Å². The molecule has 0 fully saturated rings. The molecule has 0 aliphatic rings. The van der Waals surface area contributed by atoms with Crippen LogP contribution in [0.2, 0.25) is 0 Å². The Morgan fingerprint density at radius 1 is 0.633 bits per heavy atom. The zero-order valence-corrected chi connectivity index (χ0v) is 20.5. The number of rotatable bonds is 21. The van der Waals surface area contributed by atoms with E-state index in [0.29, 0.717) is 25.4 Å². The second kappa shape index (κ2) is 21.2. The Morgan fingerprint density at radius 2 is 1.17 bits per heavy atom. The third-order valence-electron chi connectivity index (χ3n) is 5.50. The summed E-state index contributed by atoms with van der Waals surface area (Å²) in [5, 5.41) is 0. The zero-order valence-electron chi connectivity index (χ0n) is 20.5. The Hall–Kier alpha value is -1.06. The predicted molar refractivity (Wildman–Crippen MR) is 126 cm³/mol. The minimum Gasteiger partial charge on any atom is -0.466 e. The molecule has 0 saturated carbocycles. The molecule has 178 valence electrons. The summed E-state index contributed by atoms with van der Waals surface area (Å²) in [6, 6.07) is 0. The Kier molecular flexibility index (Phi) is 20.4. The van der Waals surface area contributed by atoms with E-state index in [1.165, 1.54) is 32.1 Å². The molecule has 0 amide bonds. The van der Waals surface area contributed by atoms with E-state index in [0.717, 1.165) is 64.2 Å². The Morgan fingerprint density at radius 3 is 1.77 bits per heavy atom. The van der Waals surface area contributed by atoms with Crippen molar-refractivity contribution in [3.63, 3.8) is 0 Å². The van der Waals surface area contributed by atoms with Crippen molar-refractivity contribution in [2.75, 3.05) is 6.61 Å². The molecule has 0 aromatic carbocycles. The lowest BCUT2D eigenvalue weighted by molar-refractivity contribution is -0.148. The van der Waals surface area contributed by atoms with Crippen LogP contribution >= 0.6 is 0 Å². The van der Waals surface area contributed by atoms with Gasteiger partial charge in [0.1, 0.15) is 0 Å². The fourth-order valence-corrected chi connectivity index (χ4v) is 3.55. The second-order valence-electron chi connectivity index (χ2n) is 9.23. The van der Waals surface area contributed by atoms with Crippen molar-refractivity contribution < 1.29 is 19.1 Å². The molecule has 0 aromatic rings. The van der Waals surface area contributed by atoms with Crippen molar-refractivity contribution in [2.24, 2.45) is 5.92 Å². The van der Waals surface area contributed by atoms with Crippen LogP contribution in [0.4, 0.5) is 0 Å². The molecule has 0 aliphatic heterocycles. The molecule has 4 nitrogen and oxygen atoms in total. The summed E-state index contributed by atoms with van der Waals surface area (Å²) in [5.41, 5.74) is 0. The summed E-state index contributed by atoms with van der Waals surface area (Å²) in [5.74, 6) is 0.560. The quantitative estimate of drug-likeness (QED) is 0.139. The van der Waals surface area contributed by atoms with Gasteiger partial charge in [0.05, 0.1) is 12.7 Å². The van der Waals surface area contributed by atoms with E-state index in [4.69, 9.17) is 9.47 Å². The maximum atomic E-state index is 11.9. The maximum Gasteiger partial charge on any atom is 0.306 e. The van der Waals surface area contributed by atoms with Gasteiger partial charge in [0.2, 0.25) is 0 Å². The minimum atomic E-state index is -0.0587. The highest BCUT2D eigenvalue weighted by molar-refractivity contribution is 5.69. The average molecular weight is 427 g/mol. The normalized spacial score (nSPS) is 12.2. The standard InChI is InChI=1S/C26H50O4/c1-5-6-7-8-11-14-19-24(4)30-26(28)21-16-13-10-9-12-15-20-25(27)29-22-17-18-23(2)3/h23-24H,5-22H2,1-4H3. The molecule has 0 aromatic heterocycles. The number of esters is 2. The van der Waals surface area contributed by atoms with Crippen LogP contribution in [0.15, 0.2) is 0 Å². The van der Waals surface area contributed by atoms with Gasteiger partial charge in [0.25, 0.3) is 0 Å². The van der Waals surface area contributed by atoms with Crippen LogP contribution in [0.1, 0.15) is 137 Å². The first-order chi connectivity index (χ1) is 14.5. The summed E-state index contributed by atoms with van der Waals surface area (Å²) in [6.07, 6.45) is 18.0. The third kappa shape index (κ3) is 21.6. The van der Waals surface area contributed by atoms with Crippen LogP contribution < -0.4 is 0 Å². The number of carbonyl (C=O) groups excluding carboxylic acids is 2. The van der Waals surface area contributed by atoms with Crippen LogP contribution in [-0.4, -0.2) is 24.6 Å². The van der Waals surface area contributed by atoms with Gasteiger partial charge < -0.3 is 9.47 Å². The van der Waals surface area contributed by atoms with Gasteiger partial charge in [-0.1, -0.05) is 78.6 Å². The topological polar surface area (TPSA) is 52.6 Å². The SMILES string of the molecule is CCCCCCCCC(C)OC(=O)CCCCCCCCC(=O)OCCCC(C)C. The smallest absolute Gasteiger partial charge is 0.306 e. The molecule has 0 N–H and O–H groups in total. The third-order valence-corrected chi connectivity index (χ3v) is 5.50. The van der Waals surface area contributed by atoms with Gasteiger partial charge in [-0.05, 0) is 51.4 Å². The van der Waals surface area contributed by atoms with Crippen molar-refractivity contribution in [3.05, 3.63) is 0 Å². The molecule has 0 radical (unpaired) electrons. The van der Waals surface area contributed by atoms with E-state index in [1.807, 2.05) is 6.92 Å². The molecule has 4 heteroatoms. The highest BCUT2D eigenvalue weighted by Gasteiger charge is 2.09.